The third-order valence-corrected chi connectivity index (χ3v) is 4.49. The number of anilines is 1. The molecule has 1 aromatic carbocycles. The number of nitrogens with zero attached hydrogens (tertiary/aromatic N) is 1. The summed E-state index contributed by atoms with van der Waals surface area (Å²) >= 11 is 7.31. The molecule has 132 valence electrons. The molecular weight excluding hydrogens is 360 g/mol. The van der Waals surface area contributed by atoms with E-state index < -0.39 is 18.0 Å². The first-order valence-electron chi connectivity index (χ1n) is 7.75. The molecule has 2 rings (SSSR count). The predicted molar refractivity (Wildman–Crippen MR) is 100.0 cm³/mol. The van der Waals surface area contributed by atoms with Gasteiger partial charge < -0.3 is 10.1 Å². The first-order valence-corrected chi connectivity index (χ1v) is 9.12. The van der Waals surface area contributed by atoms with E-state index in [4.69, 9.17) is 16.3 Å². The summed E-state index contributed by atoms with van der Waals surface area (Å²) in [5.41, 5.74) is 1.19. The number of esters is 1. The van der Waals surface area contributed by atoms with Crippen LogP contribution in [0.2, 0.25) is 5.02 Å². The number of amides is 1. The maximum absolute atomic E-state index is 12.0. The Kier molecular flexibility index (Phi) is 7.28. The molecule has 0 aliphatic heterocycles. The summed E-state index contributed by atoms with van der Waals surface area (Å²) in [4.78, 5) is 28.9. The normalized spacial score (nSPS) is 11.6. The van der Waals surface area contributed by atoms with E-state index in [9.17, 15) is 9.59 Å². The Hall–Kier alpha value is -2.05. The maximum Gasteiger partial charge on any atom is 0.307 e. The van der Waals surface area contributed by atoms with Crippen molar-refractivity contribution in [1.29, 1.82) is 0 Å². The van der Waals surface area contributed by atoms with Crippen molar-refractivity contribution in [1.82, 2.24) is 4.98 Å². The molecule has 1 unspecified atom stereocenters. The first-order chi connectivity index (χ1) is 11.9. The van der Waals surface area contributed by atoms with Gasteiger partial charge in [0.05, 0.1) is 11.4 Å². The number of pyridine rings is 1. The summed E-state index contributed by atoms with van der Waals surface area (Å²) in [7, 11) is 0. The Bertz CT molecular complexity index is 720. The molecule has 0 aliphatic carbocycles. The Morgan fingerprint density at radius 3 is 2.60 bits per heavy atom. The van der Waals surface area contributed by atoms with Gasteiger partial charge >= 0.3 is 5.97 Å². The number of carbonyl (C=O) groups excluding carboxylic acids is 2. The number of carbonyl (C=O) groups is 2. The van der Waals surface area contributed by atoms with Crippen molar-refractivity contribution >= 4 is 41.1 Å². The average Bonchev–Trinajstić information content (AvgIpc) is 2.58. The van der Waals surface area contributed by atoms with Gasteiger partial charge in [-0.15, -0.1) is 11.8 Å². The van der Waals surface area contributed by atoms with Gasteiger partial charge in [0.25, 0.3) is 5.91 Å². The molecule has 1 amide bonds. The van der Waals surface area contributed by atoms with Crippen LogP contribution in [0.1, 0.15) is 18.9 Å². The molecule has 2 aromatic rings. The van der Waals surface area contributed by atoms with E-state index in [-0.39, 0.29) is 6.42 Å². The summed E-state index contributed by atoms with van der Waals surface area (Å²) in [6.07, 6.45) is 0.764. The second-order valence-corrected chi connectivity index (χ2v) is 7.00. The summed E-state index contributed by atoms with van der Waals surface area (Å²) < 4.78 is 5.15. The van der Waals surface area contributed by atoms with Crippen molar-refractivity contribution in [3.05, 3.63) is 53.2 Å². The van der Waals surface area contributed by atoms with E-state index in [1.54, 1.807) is 23.9 Å². The highest BCUT2D eigenvalue weighted by atomic mass is 35.5. The van der Waals surface area contributed by atoms with Crippen molar-refractivity contribution < 1.29 is 14.3 Å². The van der Waals surface area contributed by atoms with Gasteiger partial charge in [0.2, 0.25) is 0 Å². The summed E-state index contributed by atoms with van der Waals surface area (Å²) in [5, 5.41) is 3.05. The number of halogens is 1. The molecule has 7 heteroatoms. The minimum Gasteiger partial charge on any atom is -0.453 e. The average molecular weight is 379 g/mol. The van der Waals surface area contributed by atoms with Gasteiger partial charge in [0.15, 0.2) is 6.10 Å². The molecule has 0 saturated heterocycles. The zero-order valence-electron chi connectivity index (χ0n) is 14.0. The summed E-state index contributed by atoms with van der Waals surface area (Å²) in [5.74, 6) is 0.0996. The van der Waals surface area contributed by atoms with Gasteiger partial charge in [0.1, 0.15) is 5.82 Å². The van der Waals surface area contributed by atoms with E-state index in [2.05, 4.69) is 10.3 Å². The quantitative estimate of drug-likeness (QED) is 0.580. The first kappa shape index (κ1) is 19.3. The zero-order chi connectivity index (χ0) is 18.2. The van der Waals surface area contributed by atoms with Crippen LogP contribution in [0.15, 0.2) is 47.5 Å². The van der Waals surface area contributed by atoms with Gasteiger partial charge in [-0.1, -0.05) is 29.3 Å². The summed E-state index contributed by atoms with van der Waals surface area (Å²) in [6.45, 7) is 3.55. The van der Waals surface area contributed by atoms with Crippen LogP contribution < -0.4 is 5.32 Å². The lowest BCUT2D eigenvalue weighted by Gasteiger charge is -2.13. The van der Waals surface area contributed by atoms with E-state index in [1.807, 2.05) is 31.2 Å². The van der Waals surface area contributed by atoms with Crippen molar-refractivity contribution in [3.8, 4) is 0 Å². The third-order valence-electron chi connectivity index (χ3n) is 3.25. The van der Waals surface area contributed by atoms with Crippen LogP contribution in [0.4, 0.5) is 5.82 Å². The van der Waals surface area contributed by atoms with Gasteiger partial charge in [0, 0.05) is 16.8 Å². The van der Waals surface area contributed by atoms with Crippen molar-refractivity contribution in [2.24, 2.45) is 0 Å². The highest BCUT2D eigenvalue weighted by Crippen LogP contribution is 2.19. The Balaban J connectivity index is 1.72. The SMILES string of the molecule is Cc1ccc(SCCC(=O)OC(C)C(=O)Nc2ccc(Cl)cn2)cc1. The molecule has 0 bridgehead atoms. The zero-order valence-corrected chi connectivity index (χ0v) is 15.6. The maximum atomic E-state index is 12.0. The standard InChI is InChI=1S/C18H19ClN2O3S/c1-12-3-6-15(7-4-12)25-10-9-17(22)24-13(2)18(23)21-16-8-5-14(19)11-20-16/h3-8,11,13H,9-10H2,1-2H3,(H,20,21,23). The topological polar surface area (TPSA) is 68.3 Å². The Morgan fingerprint density at radius 1 is 1.24 bits per heavy atom. The number of thioether (sulfide) groups is 1. The minimum absolute atomic E-state index is 0.232. The molecule has 1 atom stereocenters. The van der Waals surface area contributed by atoms with Crippen LogP contribution in [0, 0.1) is 6.92 Å². The van der Waals surface area contributed by atoms with Crippen LogP contribution >= 0.6 is 23.4 Å². The number of aromatic nitrogens is 1. The fourth-order valence-corrected chi connectivity index (χ4v) is 2.82. The molecule has 0 radical (unpaired) electrons. The number of hydrogen-bond acceptors (Lipinski definition) is 5. The van der Waals surface area contributed by atoms with Gasteiger partial charge in [-0.3, -0.25) is 9.59 Å². The van der Waals surface area contributed by atoms with Crippen LogP contribution in [0.5, 0.6) is 0 Å². The van der Waals surface area contributed by atoms with Crippen molar-refractivity contribution in [2.45, 2.75) is 31.3 Å². The largest absolute Gasteiger partial charge is 0.453 e. The smallest absolute Gasteiger partial charge is 0.307 e. The van der Waals surface area contributed by atoms with Crippen molar-refractivity contribution in [2.75, 3.05) is 11.1 Å². The van der Waals surface area contributed by atoms with E-state index in [0.29, 0.717) is 16.6 Å². The minimum atomic E-state index is -0.894. The number of aryl methyl sites for hydroxylation is 1. The predicted octanol–water partition coefficient (Wildman–Crippen LogP) is 4.10. The van der Waals surface area contributed by atoms with Crippen LogP contribution in [-0.2, 0) is 14.3 Å². The summed E-state index contributed by atoms with van der Waals surface area (Å²) in [6, 6.07) is 11.3. The molecule has 5 nitrogen and oxygen atoms in total. The highest BCUT2D eigenvalue weighted by Gasteiger charge is 2.18. The van der Waals surface area contributed by atoms with Crippen LogP contribution in [-0.4, -0.2) is 28.7 Å². The molecule has 25 heavy (non-hydrogen) atoms. The Labute approximate surface area is 156 Å². The van der Waals surface area contributed by atoms with E-state index in [1.165, 1.54) is 18.7 Å². The molecule has 0 aliphatic rings. The van der Waals surface area contributed by atoms with Gasteiger partial charge in [-0.05, 0) is 38.1 Å². The number of benzene rings is 1. The molecular formula is C18H19ClN2O3S. The second-order valence-electron chi connectivity index (χ2n) is 5.39. The molecule has 1 N–H and O–H groups in total. The van der Waals surface area contributed by atoms with Crippen LogP contribution in [0.3, 0.4) is 0 Å². The second kappa shape index (κ2) is 9.44. The number of hydrogen-bond donors (Lipinski definition) is 1. The number of rotatable bonds is 7. The van der Waals surface area contributed by atoms with Gasteiger partial charge in [-0.25, -0.2) is 4.98 Å². The molecule has 1 aromatic heterocycles. The number of ether oxygens (including phenoxy) is 1. The molecule has 1 heterocycles. The third kappa shape index (κ3) is 6.76. The highest BCUT2D eigenvalue weighted by molar-refractivity contribution is 7.99. The fourth-order valence-electron chi connectivity index (χ4n) is 1.87. The number of nitrogens with one attached hydrogen (secondary N) is 1. The monoisotopic (exact) mass is 378 g/mol. The Morgan fingerprint density at radius 2 is 1.96 bits per heavy atom. The molecule has 0 spiro atoms. The fraction of sp³-hybridized carbons (Fsp3) is 0.278. The van der Waals surface area contributed by atoms with Crippen LogP contribution in [0.25, 0.3) is 0 Å². The van der Waals surface area contributed by atoms with E-state index >= 15 is 0 Å². The van der Waals surface area contributed by atoms with Crippen molar-refractivity contribution in [3.63, 3.8) is 0 Å². The molecule has 0 fully saturated rings. The van der Waals surface area contributed by atoms with E-state index in [0.717, 1.165) is 4.90 Å². The lowest BCUT2D eigenvalue weighted by Crippen LogP contribution is -2.30. The van der Waals surface area contributed by atoms with Gasteiger partial charge in [-0.2, -0.15) is 0 Å². The lowest BCUT2D eigenvalue weighted by atomic mass is 10.2. The lowest BCUT2D eigenvalue weighted by molar-refractivity contribution is -0.152. The molecule has 0 saturated carbocycles.